The van der Waals surface area contributed by atoms with Gasteiger partial charge in [0.05, 0.1) is 5.75 Å². The van der Waals surface area contributed by atoms with Crippen LogP contribution in [0, 0.1) is 6.92 Å². The van der Waals surface area contributed by atoms with Crippen LogP contribution in [0.4, 0.5) is 4.79 Å². The summed E-state index contributed by atoms with van der Waals surface area (Å²) in [6.45, 7) is 3.88. The van der Waals surface area contributed by atoms with Gasteiger partial charge in [-0.1, -0.05) is 29.8 Å². The van der Waals surface area contributed by atoms with E-state index < -0.39 is 33.3 Å². The van der Waals surface area contributed by atoms with E-state index in [9.17, 15) is 18.0 Å². The van der Waals surface area contributed by atoms with Crippen molar-refractivity contribution in [2.24, 2.45) is 0 Å². The summed E-state index contributed by atoms with van der Waals surface area (Å²) in [6.07, 6.45) is 2.44. The van der Waals surface area contributed by atoms with Crippen LogP contribution in [0.25, 0.3) is 5.57 Å². The Hall–Kier alpha value is -1.90. The lowest BCUT2D eigenvalue weighted by Crippen LogP contribution is -2.52. The minimum Gasteiger partial charge on any atom is -0.322 e. The van der Waals surface area contributed by atoms with Gasteiger partial charge in [-0.25, -0.2) is 13.2 Å². The van der Waals surface area contributed by atoms with E-state index >= 15 is 0 Å². The molecule has 0 aliphatic carbocycles. The second kappa shape index (κ2) is 6.68. The SMILES string of the molecule is Cc1cc(C2=CCN(S(=O)(=O)C[C@@]3(C)NC(=O)NC3=O)CC2)ccc1Cl. The fourth-order valence-corrected chi connectivity index (χ4v) is 5.05. The van der Waals surface area contributed by atoms with Gasteiger partial charge in [-0.05, 0) is 43.0 Å². The lowest BCUT2D eigenvalue weighted by Gasteiger charge is -2.29. The molecule has 9 heteroatoms. The van der Waals surface area contributed by atoms with Crippen molar-refractivity contribution >= 4 is 39.1 Å². The monoisotopic (exact) mass is 397 g/mol. The van der Waals surface area contributed by atoms with Crippen LogP contribution in [0.5, 0.6) is 0 Å². The molecule has 7 nitrogen and oxygen atoms in total. The zero-order valence-corrected chi connectivity index (χ0v) is 16.1. The average Bonchev–Trinajstić information content (AvgIpc) is 2.81. The number of carbonyl (C=O) groups excluding carboxylic acids is 2. The number of aryl methyl sites for hydroxylation is 1. The number of rotatable bonds is 4. The Morgan fingerprint density at radius 3 is 2.58 bits per heavy atom. The van der Waals surface area contributed by atoms with Gasteiger partial charge in [-0.15, -0.1) is 0 Å². The summed E-state index contributed by atoms with van der Waals surface area (Å²) in [5.74, 6) is -1.10. The van der Waals surface area contributed by atoms with E-state index in [4.69, 9.17) is 11.6 Å². The molecule has 0 aromatic heterocycles. The Morgan fingerprint density at radius 2 is 2.04 bits per heavy atom. The number of sulfonamides is 1. The number of amides is 3. The van der Waals surface area contributed by atoms with Crippen LogP contribution < -0.4 is 10.6 Å². The van der Waals surface area contributed by atoms with E-state index in [1.165, 1.54) is 11.2 Å². The summed E-state index contributed by atoms with van der Waals surface area (Å²) in [5, 5.41) is 5.16. The van der Waals surface area contributed by atoms with E-state index in [-0.39, 0.29) is 6.54 Å². The standard InChI is InChI=1S/C17H20ClN3O4S/c1-11-9-13(3-4-14(11)18)12-5-7-21(8-6-12)26(24,25)10-17(2)15(22)19-16(23)20-17/h3-5,9H,6-8,10H2,1-2H3,(H2,19,20,22,23)/t17-/m1/s1. The minimum absolute atomic E-state index is 0.227. The van der Waals surface area contributed by atoms with Gasteiger partial charge in [0.1, 0.15) is 5.54 Å². The Labute approximate surface area is 157 Å². The molecule has 1 fully saturated rings. The largest absolute Gasteiger partial charge is 0.322 e. The average molecular weight is 398 g/mol. The summed E-state index contributed by atoms with van der Waals surface area (Å²) in [7, 11) is -3.71. The summed E-state index contributed by atoms with van der Waals surface area (Å²) >= 11 is 6.05. The lowest BCUT2D eigenvalue weighted by atomic mass is 9.99. The number of urea groups is 1. The quantitative estimate of drug-likeness (QED) is 0.755. The van der Waals surface area contributed by atoms with Gasteiger partial charge >= 0.3 is 6.03 Å². The highest BCUT2D eigenvalue weighted by molar-refractivity contribution is 7.89. The van der Waals surface area contributed by atoms with E-state index in [0.717, 1.165) is 16.7 Å². The van der Waals surface area contributed by atoms with E-state index in [1.54, 1.807) is 0 Å². The predicted molar refractivity (Wildman–Crippen MR) is 99.2 cm³/mol. The zero-order valence-electron chi connectivity index (χ0n) is 14.5. The third-order valence-electron chi connectivity index (χ3n) is 4.68. The molecule has 2 aliphatic rings. The minimum atomic E-state index is -3.71. The van der Waals surface area contributed by atoms with Crippen LogP contribution >= 0.6 is 11.6 Å². The van der Waals surface area contributed by atoms with Crippen molar-refractivity contribution in [1.82, 2.24) is 14.9 Å². The highest BCUT2D eigenvalue weighted by Crippen LogP contribution is 2.27. The van der Waals surface area contributed by atoms with Crippen LogP contribution in [0.2, 0.25) is 5.02 Å². The molecule has 1 aromatic carbocycles. The molecular weight excluding hydrogens is 378 g/mol. The molecule has 0 bridgehead atoms. The van der Waals surface area contributed by atoms with Crippen LogP contribution in [0.15, 0.2) is 24.3 Å². The summed E-state index contributed by atoms with van der Waals surface area (Å²) < 4.78 is 26.7. The Kier molecular flexibility index (Phi) is 4.85. The summed E-state index contributed by atoms with van der Waals surface area (Å²) in [5.41, 5.74) is 1.61. The molecule has 2 N–H and O–H groups in total. The number of nitrogens with one attached hydrogen (secondary N) is 2. The fourth-order valence-electron chi connectivity index (χ4n) is 3.15. The van der Waals surface area contributed by atoms with E-state index in [1.807, 2.05) is 31.2 Å². The molecule has 0 spiro atoms. The molecule has 140 valence electrons. The van der Waals surface area contributed by atoms with Crippen molar-refractivity contribution in [3.8, 4) is 0 Å². The van der Waals surface area contributed by atoms with Crippen LogP contribution in [0.1, 0.15) is 24.5 Å². The van der Waals surface area contributed by atoms with Gasteiger partial charge in [-0.2, -0.15) is 4.31 Å². The molecule has 0 radical (unpaired) electrons. The number of benzene rings is 1. The van der Waals surface area contributed by atoms with Gasteiger partial charge in [0.15, 0.2) is 0 Å². The van der Waals surface area contributed by atoms with Gasteiger partial charge < -0.3 is 5.32 Å². The van der Waals surface area contributed by atoms with Gasteiger partial charge in [0.25, 0.3) is 5.91 Å². The van der Waals surface area contributed by atoms with Crippen LogP contribution in [0.3, 0.4) is 0 Å². The molecule has 1 saturated heterocycles. The predicted octanol–water partition coefficient (Wildman–Crippen LogP) is 1.67. The Morgan fingerprint density at radius 1 is 1.31 bits per heavy atom. The molecule has 3 rings (SSSR count). The number of hydrogen-bond donors (Lipinski definition) is 2. The van der Waals surface area contributed by atoms with Crippen molar-refractivity contribution in [3.05, 3.63) is 40.4 Å². The number of carbonyl (C=O) groups is 2. The first-order chi connectivity index (χ1) is 12.1. The highest BCUT2D eigenvalue weighted by atomic mass is 35.5. The number of imide groups is 1. The molecule has 0 unspecified atom stereocenters. The first kappa shape index (κ1) is 18.9. The van der Waals surface area contributed by atoms with Crippen molar-refractivity contribution in [3.63, 3.8) is 0 Å². The molecule has 26 heavy (non-hydrogen) atoms. The first-order valence-corrected chi connectivity index (χ1v) is 10.2. The maximum atomic E-state index is 12.7. The molecular formula is C17H20ClN3O4S. The van der Waals surface area contributed by atoms with E-state index in [2.05, 4.69) is 10.6 Å². The molecule has 2 heterocycles. The fraction of sp³-hybridized carbons (Fsp3) is 0.412. The third-order valence-corrected chi connectivity index (χ3v) is 7.17. The zero-order chi connectivity index (χ0) is 19.1. The van der Waals surface area contributed by atoms with Gasteiger partial charge in [-0.3, -0.25) is 10.1 Å². The highest BCUT2D eigenvalue weighted by Gasteiger charge is 2.46. The maximum absolute atomic E-state index is 12.7. The normalized spacial score (nSPS) is 24.2. The maximum Gasteiger partial charge on any atom is 0.322 e. The molecule has 1 atom stereocenters. The summed E-state index contributed by atoms with van der Waals surface area (Å²) in [6, 6.07) is 5.06. The van der Waals surface area contributed by atoms with Crippen LogP contribution in [-0.2, 0) is 14.8 Å². The number of hydrogen-bond acceptors (Lipinski definition) is 4. The third kappa shape index (κ3) is 3.62. The van der Waals surface area contributed by atoms with Crippen molar-refractivity contribution in [1.29, 1.82) is 0 Å². The molecule has 3 amide bonds. The van der Waals surface area contributed by atoms with Crippen molar-refractivity contribution < 1.29 is 18.0 Å². The smallest absolute Gasteiger partial charge is 0.322 e. The number of halogens is 1. The van der Waals surface area contributed by atoms with Crippen LogP contribution in [-0.4, -0.2) is 49.0 Å². The Balaban J connectivity index is 1.74. The topological polar surface area (TPSA) is 95.6 Å². The first-order valence-electron chi connectivity index (χ1n) is 8.18. The second-order valence-corrected chi connectivity index (χ2v) is 9.17. The van der Waals surface area contributed by atoms with Crippen molar-refractivity contribution in [2.45, 2.75) is 25.8 Å². The van der Waals surface area contributed by atoms with Gasteiger partial charge in [0.2, 0.25) is 10.0 Å². The van der Waals surface area contributed by atoms with Gasteiger partial charge in [0, 0.05) is 18.1 Å². The van der Waals surface area contributed by atoms with E-state index in [0.29, 0.717) is 18.0 Å². The lowest BCUT2D eigenvalue weighted by molar-refractivity contribution is -0.122. The summed E-state index contributed by atoms with van der Waals surface area (Å²) in [4.78, 5) is 23.2. The second-order valence-electron chi connectivity index (χ2n) is 6.80. The Bertz CT molecular complexity index is 913. The molecule has 1 aromatic rings. The number of nitrogens with zero attached hydrogens (tertiary/aromatic N) is 1. The molecule has 2 aliphatic heterocycles. The molecule has 0 saturated carbocycles. The van der Waals surface area contributed by atoms with Crippen molar-refractivity contribution in [2.75, 3.05) is 18.8 Å².